The van der Waals surface area contributed by atoms with Crippen LogP contribution in [0.3, 0.4) is 0 Å². The van der Waals surface area contributed by atoms with E-state index in [1.165, 1.54) is 0 Å². The number of fused-ring (bicyclic) bond motifs is 3. The van der Waals surface area contributed by atoms with Gasteiger partial charge in [-0.3, -0.25) is 9.59 Å². The van der Waals surface area contributed by atoms with Gasteiger partial charge in [-0.05, 0) is 86.7 Å². The highest BCUT2D eigenvalue weighted by atomic mass is 16.5. The zero-order valence-electron chi connectivity index (χ0n) is 21.3. The Hall–Kier alpha value is -2.50. The summed E-state index contributed by atoms with van der Waals surface area (Å²) in [5.74, 6) is 1.23. The molecule has 0 radical (unpaired) electrons. The van der Waals surface area contributed by atoms with Gasteiger partial charge < -0.3 is 4.74 Å². The molecule has 35 heavy (non-hydrogen) atoms. The summed E-state index contributed by atoms with van der Waals surface area (Å²) in [7, 11) is 0. The number of hydrogen-bond acceptors (Lipinski definition) is 5. The number of ether oxygens (including phenoxy) is 1. The molecule has 1 heterocycles. The molecule has 4 saturated carbocycles. The summed E-state index contributed by atoms with van der Waals surface area (Å²) in [6.07, 6.45) is 11.0. The minimum absolute atomic E-state index is 0.0899. The number of para-hydroxylation sites is 1. The van der Waals surface area contributed by atoms with Crippen LogP contribution in [-0.2, 0) is 20.9 Å². The van der Waals surface area contributed by atoms with Gasteiger partial charge in [0.1, 0.15) is 18.1 Å². The van der Waals surface area contributed by atoms with Gasteiger partial charge in [-0.15, -0.1) is 5.10 Å². The van der Waals surface area contributed by atoms with Crippen LogP contribution in [-0.4, -0.2) is 26.7 Å². The largest absolute Gasteiger partial charge is 0.459 e. The lowest BCUT2D eigenvalue weighted by molar-refractivity contribution is -0.189. The van der Waals surface area contributed by atoms with Gasteiger partial charge in [0, 0.05) is 11.8 Å². The van der Waals surface area contributed by atoms with Gasteiger partial charge >= 0.3 is 5.97 Å². The Morgan fingerprint density at radius 2 is 1.83 bits per heavy atom. The average molecular weight is 476 g/mol. The molecule has 6 heteroatoms. The first-order valence-corrected chi connectivity index (χ1v) is 13.4. The number of rotatable bonds is 4. The second kappa shape index (κ2) is 7.75. The van der Waals surface area contributed by atoms with Gasteiger partial charge in [0.25, 0.3) is 0 Å². The van der Waals surface area contributed by atoms with Crippen LogP contribution in [0, 0.1) is 33.5 Å². The fourth-order valence-corrected chi connectivity index (χ4v) is 9.12. The van der Waals surface area contributed by atoms with Crippen molar-refractivity contribution in [2.24, 2.45) is 33.5 Å². The Morgan fingerprint density at radius 3 is 2.63 bits per heavy atom. The van der Waals surface area contributed by atoms with E-state index < -0.39 is 5.41 Å². The topological polar surface area (TPSA) is 74.1 Å². The first kappa shape index (κ1) is 22.9. The summed E-state index contributed by atoms with van der Waals surface area (Å²) < 4.78 is 7.64. The lowest BCUT2D eigenvalue weighted by Crippen LogP contribution is -2.58. The molecule has 0 unspecified atom stereocenters. The van der Waals surface area contributed by atoms with E-state index in [2.05, 4.69) is 31.1 Å². The van der Waals surface area contributed by atoms with E-state index >= 15 is 0 Å². The van der Waals surface area contributed by atoms with Gasteiger partial charge in [-0.2, -0.15) is 0 Å². The molecule has 0 saturated heterocycles. The number of esters is 1. The highest BCUT2D eigenvalue weighted by Crippen LogP contribution is 2.73. The molecule has 4 aliphatic carbocycles. The number of carbonyl (C=O) groups excluding carboxylic acids is 2. The number of ketones is 1. The van der Waals surface area contributed by atoms with Gasteiger partial charge in [0.15, 0.2) is 0 Å². The summed E-state index contributed by atoms with van der Waals surface area (Å²) in [6, 6.07) is 9.82. The summed E-state index contributed by atoms with van der Waals surface area (Å²) in [5.41, 5.74) is 1.24. The normalized spacial score (nSPS) is 40.1. The summed E-state index contributed by atoms with van der Waals surface area (Å²) >= 11 is 0. The number of Topliss-reactive ketones (excluding diaryl/α,β-unsaturated/α-hetero) is 1. The van der Waals surface area contributed by atoms with Crippen LogP contribution in [0.5, 0.6) is 0 Å². The third-order valence-electron chi connectivity index (χ3n) is 10.7. The third-order valence-corrected chi connectivity index (χ3v) is 10.7. The quantitative estimate of drug-likeness (QED) is 0.532. The molecule has 1 spiro atoms. The molecule has 6 atom stereocenters. The van der Waals surface area contributed by atoms with Crippen molar-refractivity contribution in [3.05, 3.63) is 42.2 Å². The fourth-order valence-electron chi connectivity index (χ4n) is 9.12. The minimum Gasteiger partial charge on any atom is -0.459 e. The Balaban J connectivity index is 1.20. The first-order chi connectivity index (χ1) is 16.7. The Bertz CT molecular complexity index is 1160. The van der Waals surface area contributed by atoms with Crippen molar-refractivity contribution in [1.82, 2.24) is 15.0 Å². The van der Waals surface area contributed by atoms with Crippen molar-refractivity contribution in [2.45, 2.75) is 85.2 Å². The number of hydrogen-bond donors (Lipinski definition) is 0. The predicted molar refractivity (Wildman–Crippen MR) is 131 cm³/mol. The molecule has 0 amide bonds. The van der Waals surface area contributed by atoms with Crippen molar-refractivity contribution in [2.75, 3.05) is 0 Å². The number of nitrogens with zero attached hydrogens (tertiary/aromatic N) is 3. The molecule has 2 bridgehead atoms. The number of benzene rings is 1. The highest BCUT2D eigenvalue weighted by molar-refractivity contribution is 5.88. The number of carbonyl (C=O) groups is 2. The predicted octanol–water partition coefficient (Wildman–Crippen LogP) is 5.68. The lowest BCUT2D eigenvalue weighted by atomic mass is 9.40. The zero-order chi connectivity index (χ0) is 24.5. The smallest absolute Gasteiger partial charge is 0.312 e. The minimum atomic E-state index is -0.493. The Morgan fingerprint density at radius 1 is 1.06 bits per heavy atom. The van der Waals surface area contributed by atoms with E-state index in [4.69, 9.17) is 4.74 Å². The molecular formula is C29H37N3O3. The standard InChI is InChI=1S/C29H37N3O3/c1-26-14-10-23-27(2)12-7-13-28(3,22(27)11-15-29(23,19-26)16-24(26)33)25(34)35-18-20-17-32(31-30-20)21-8-5-4-6-9-21/h4-6,8-9,17,22-23H,7,10-16,18-19H2,1-3H3/t22-,23-,26-,27+,28+,29-/m0/s1. The molecule has 6 rings (SSSR count). The monoisotopic (exact) mass is 475 g/mol. The van der Waals surface area contributed by atoms with Crippen LogP contribution < -0.4 is 0 Å². The van der Waals surface area contributed by atoms with E-state index in [1.54, 1.807) is 4.68 Å². The van der Waals surface area contributed by atoms with Crippen LogP contribution in [0.25, 0.3) is 5.69 Å². The molecule has 0 aliphatic heterocycles. The van der Waals surface area contributed by atoms with E-state index in [-0.39, 0.29) is 28.8 Å². The van der Waals surface area contributed by atoms with Crippen molar-refractivity contribution >= 4 is 11.8 Å². The molecule has 186 valence electrons. The van der Waals surface area contributed by atoms with Gasteiger partial charge in [-0.25, -0.2) is 4.68 Å². The maximum absolute atomic E-state index is 13.7. The van der Waals surface area contributed by atoms with Crippen LogP contribution in [0.15, 0.2) is 36.5 Å². The molecule has 4 aliphatic rings. The molecule has 2 aromatic rings. The molecule has 6 nitrogen and oxygen atoms in total. The lowest BCUT2D eigenvalue weighted by Gasteiger charge is -2.63. The zero-order valence-corrected chi connectivity index (χ0v) is 21.3. The maximum atomic E-state index is 13.7. The van der Waals surface area contributed by atoms with E-state index in [0.29, 0.717) is 23.3 Å². The Labute approximate surface area is 207 Å². The molecule has 4 fully saturated rings. The van der Waals surface area contributed by atoms with Crippen molar-refractivity contribution in [1.29, 1.82) is 0 Å². The van der Waals surface area contributed by atoms with Crippen LogP contribution in [0.1, 0.15) is 84.3 Å². The second-order valence-electron chi connectivity index (χ2n) is 12.7. The van der Waals surface area contributed by atoms with Gasteiger partial charge in [-0.1, -0.05) is 43.7 Å². The fraction of sp³-hybridized carbons (Fsp3) is 0.655. The van der Waals surface area contributed by atoms with E-state index in [1.807, 2.05) is 36.5 Å². The van der Waals surface area contributed by atoms with Crippen molar-refractivity contribution in [3.8, 4) is 5.69 Å². The average Bonchev–Trinajstić information content (AvgIpc) is 3.38. The molecule has 1 aromatic heterocycles. The number of aromatic nitrogens is 3. The molecular weight excluding hydrogens is 438 g/mol. The summed E-state index contributed by atoms with van der Waals surface area (Å²) in [5, 5.41) is 8.42. The summed E-state index contributed by atoms with van der Waals surface area (Å²) in [4.78, 5) is 26.6. The van der Waals surface area contributed by atoms with Crippen LogP contribution in [0.4, 0.5) is 0 Å². The van der Waals surface area contributed by atoms with Gasteiger partial charge in [0.05, 0.1) is 17.3 Å². The molecule has 0 N–H and O–H groups in total. The van der Waals surface area contributed by atoms with E-state index in [9.17, 15) is 9.59 Å². The SMILES string of the molecule is C[C@@]12CC[C@@H]3[C@@](CC[C@H]4[C@@]3(C)CCC[C@@]4(C)C(=O)OCc3cn(-c4ccccc4)nn3)(CC1=O)C2. The second-order valence-corrected chi connectivity index (χ2v) is 12.7. The van der Waals surface area contributed by atoms with Crippen molar-refractivity contribution < 1.29 is 14.3 Å². The van der Waals surface area contributed by atoms with E-state index in [0.717, 1.165) is 63.5 Å². The van der Waals surface area contributed by atoms with Crippen LogP contribution in [0.2, 0.25) is 0 Å². The van der Waals surface area contributed by atoms with Gasteiger partial charge in [0.2, 0.25) is 0 Å². The first-order valence-electron chi connectivity index (χ1n) is 13.4. The van der Waals surface area contributed by atoms with Crippen molar-refractivity contribution in [3.63, 3.8) is 0 Å². The Kier molecular flexibility index (Phi) is 5.08. The third kappa shape index (κ3) is 3.35. The highest BCUT2D eigenvalue weighted by Gasteiger charge is 2.68. The van der Waals surface area contributed by atoms with Crippen LogP contribution >= 0.6 is 0 Å². The molecule has 1 aromatic carbocycles. The summed E-state index contributed by atoms with van der Waals surface area (Å²) in [6.45, 7) is 6.92. The maximum Gasteiger partial charge on any atom is 0.312 e.